The van der Waals surface area contributed by atoms with Crippen LogP contribution in [0.1, 0.15) is 35.4 Å². The van der Waals surface area contributed by atoms with Gasteiger partial charge in [-0.15, -0.1) is 0 Å². The molecule has 4 aliphatic rings. The van der Waals surface area contributed by atoms with Crippen LogP contribution in [0, 0.1) is 23.7 Å². The van der Waals surface area contributed by atoms with Crippen LogP contribution < -0.4 is 20.5 Å². The number of ether oxygens (including phenoxy) is 1. The highest BCUT2D eigenvalue weighted by Gasteiger charge is 2.70. The van der Waals surface area contributed by atoms with Crippen LogP contribution >= 0.6 is 23.2 Å². The Balaban J connectivity index is 1.30. The minimum Gasteiger partial charge on any atom is -0.504 e. The Kier molecular flexibility index (Phi) is 9.38. The number of hydrogen-bond donors (Lipinski definition) is 4. The molecule has 0 unspecified atom stereocenters. The molecule has 6 atom stereocenters. The maximum atomic E-state index is 15.3. The van der Waals surface area contributed by atoms with Crippen molar-refractivity contribution in [1.29, 1.82) is 0 Å². The number of carbonyl (C=O) groups excluding carboxylic acids is 4. The van der Waals surface area contributed by atoms with Gasteiger partial charge < -0.3 is 19.9 Å². The van der Waals surface area contributed by atoms with Gasteiger partial charge in [0, 0.05) is 17.1 Å². The number of hydrazine groups is 1. The zero-order chi connectivity index (χ0) is 40.7. The summed E-state index contributed by atoms with van der Waals surface area (Å²) in [7, 11) is -0.515. The number of alkyl halides is 3. The lowest BCUT2D eigenvalue weighted by atomic mass is 9.49. The molecule has 8 rings (SSSR count). The van der Waals surface area contributed by atoms with Gasteiger partial charge in [0.25, 0.3) is 11.8 Å². The smallest absolute Gasteiger partial charge is 0.488 e. The lowest BCUT2D eigenvalue weighted by molar-refractivity contribution is -0.139. The lowest BCUT2D eigenvalue weighted by Gasteiger charge is -2.50. The molecule has 2 aliphatic carbocycles. The van der Waals surface area contributed by atoms with E-state index in [9.17, 15) is 42.7 Å². The number of halogens is 5. The molecular formula is C39H30BCl2F3N4O8. The van der Waals surface area contributed by atoms with Crippen molar-refractivity contribution in [3.8, 4) is 11.5 Å². The molecule has 3 heterocycles. The second-order valence-electron chi connectivity index (χ2n) is 14.3. The third-order valence-corrected chi connectivity index (χ3v) is 12.1. The van der Waals surface area contributed by atoms with Gasteiger partial charge >= 0.3 is 13.3 Å². The van der Waals surface area contributed by atoms with Gasteiger partial charge in [0.05, 0.1) is 46.6 Å². The average Bonchev–Trinajstić information content (AvgIpc) is 3.56. The van der Waals surface area contributed by atoms with Crippen molar-refractivity contribution >= 4 is 70.9 Å². The molecule has 4 amide bonds. The van der Waals surface area contributed by atoms with E-state index in [4.69, 9.17) is 27.9 Å². The molecular weight excluding hydrogens is 791 g/mol. The van der Waals surface area contributed by atoms with Crippen LogP contribution in [0.3, 0.4) is 0 Å². The number of phenols is 1. The standard InChI is InChI=1S/C39H30BCl2F3N4O8/c1-57-30-12-5-18(13-29(30)50)32-24-10-11-25-31(36(53)48(34(25)51)23-4-2-3-21(15-23)40(55)56)26(24)16-27-35(52)49(37(54)38(27,32)19-6-8-22(41)9-7-19)47-33-28(42)14-20(17-46-33)39(43,44)45/h2-10,12-15,17,25-27,31-32,50,55-56H,11,16H2,1H3,(H,46,47)/t25-,26+,27-,31-,32-,38+/m0/s1. The molecule has 4 N–H and O–H groups in total. The summed E-state index contributed by atoms with van der Waals surface area (Å²) >= 11 is 12.6. The quantitative estimate of drug-likeness (QED) is 0.113. The van der Waals surface area contributed by atoms with Gasteiger partial charge in [-0.05, 0) is 77.8 Å². The first kappa shape index (κ1) is 38.5. The van der Waals surface area contributed by atoms with Crippen LogP contribution in [0.25, 0.3) is 0 Å². The van der Waals surface area contributed by atoms with Crippen molar-refractivity contribution in [2.75, 3.05) is 17.4 Å². The summed E-state index contributed by atoms with van der Waals surface area (Å²) in [5.74, 6) is -8.40. The Hall–Kier alpha value is -5.42. The minimum absolute atomic E-state index is 0.0527. The molecule has 57 heavy (non-hydrogen) atoms. The predicted molar refractivity (Wildman–Crippen MR) is 200 cm³/mol. The van der Waals surface area contributed by atoms with Gasteiger partial charge in [-0.2, -0.15) is 18.2 Å². The summed E-state index contributed by atoms with van der Waals surface area (Å²) in [6.45, 7) is 0. The normalized spacial score (nSPS) is 25.5. The van der Waals surface area contributed by atoms with Crippen LogP contribution in [-0.4, -0.2) is 63.0 Å². The van der Waals surface area contributed by atoms with Crippen molar-refractivity contribution < 1.29 is 52.2 Å². The van der Waals surface area contributed by atoms with Gasteiger partial charge in [0.2, 0.25) is 11.8 Å². The van der Waals surface area contributed by atoms with Crippen molar-refractivity contribution in [2.24, 2.45) is 23.7 Å². The Morgan fingerprint density at radius 3 is 2.33 bits per heavy atom. The number of benzene rings is 3. The first-order valence-corrected chi connectivity index (χ1v) is 18.4. The third-order valence-electron chi connectivity index (χ3n) is 11.5. The van der Waals surface area contributed by atoms with Crippen molar-refractivity contribution in [1.82, 2.24) is 9.99 Å². The Morgan fingerprint density at radius 1 is 0.947 bits per heavy atom. The van der Waals surface area contributed by atoms with E-state index in [1.54, 1.807) is 36.4 Å². The third kappa shape index (κ3) is 5.96. The summed E-state index contributed by atoms with van der Waals surface area (Å²) in [6, 6.07) is 17.1. The lowest BCUT2D eigenvalue weighted by Crippen LogP contribution is -2.53. The zero-order valence-corrected chi connectivity index (χ0v) is 31.1. The fourth-order valence-corrected chi connectivity index (χ4v) is 9.46. The van der Waals surface area contributed by atoms with E-state index in [1.807, 2.05) is 0 Å². The Bertz CT molecular complexity index is 2400. The van der Waals surface area contributed by atoms with Crippen LogP contribution in [0.4, 0.5) is 24.7 Å². The van der Waals surface area contributed by atoms with E-state index < -0.39 is 88.3 Å². The summed E-state index contributed by atoms with van der Waals surface area (Å²) in [5, 5.41) is 31.2. The summed E-state index contributed by atoms with van der Waals surface area (Å²) in [6.07, 6.45) is -2.55. The average molecular weight is 821 g/mol. The van der Waals surface area contributed by atoms with E-state index in [-0.39, 0.29) is 35.5 Å². The van der Waals surface area contributed by atoms with E-state index in [0.717, 1.165) is 4.90 Å². The molecule has 0 bridgehead atoms. The van der Waals surface area contributed by atoms with E-state index >= 15 is 4.79 Å². The minimum atomic E-state index is -4.78. The number of anilines is 2. The molecule has 1 saturated carbocycles. The van der Waals surface area contributed by atoms with Gasteiger partial charge in [-0.25, -0.2) is 4.98 Å². The molecule has 12 nitrogen and oxygen atoms in total. The second kappa shape index (κ2) is 13.9. The molecule has 4 aromatic rings. The molecule has 3 aromatic carbocycles. The van der Waals surface area contributed by atoms with Crippen LogP contribution in [-0.2, 0) is 30.8 Å². The van der Waals surface area contributed by atoms with E-state index in [0.29, 0.717) is 39.0 Å². The molecule has 292 valence electrons. The molecule has 2 saturated heterocycles. The Morgan fingerprint density at radius 2 is 1.68 bits per heavy atom. The first-order valence-electron chi connectivity index (χ1n) is 17.6. The van der Waals surface area contributed by atoms with Gasteiger partial charge in [0.15, 0.2) is 17.3 Å². The number of aromatic nitrogens is 1. The van der Waals surface area contributed by atoms with E-state index in [1.165, 1.54) is 43.5 Å². The molecule has 18 heteroatoms. The summed E-state index contributed by atoms with van der Waals surface area (Å²) < 4.78 is 45.8. The van der Waals surface area contributed by atoms with Gasteiger partial charge in [-0.1, -0.05) is 65.2 Å². The number of hydrogen-bond acceptors (Lipinski definition) is 10. The maximum absolute atomic E-state index is 15.3. The number of nitrogens with zero attached hydrogens (tertiary/aromatic N) is 3. The molecule has 1 aromatic heterocycles. The summed E-state index contributed by atoms with van der Waals surface area (Å²) in [5.41, 5.74) is 1.01. The topological polar surface area (TPSA) is 170 Å². The van der Waals surface area contributed by atoms with Crippen molar-refractivity contribution in [3.05, 3.63) is 117 Å². The highest BCUT2D eigenvalue weighted by atomic mass is 35.5. The van der Waals surface area contributed by atoms with Gasteiger partial charge in [-0.3, -0.25) is 29.5 Å². The Labute approximate surface area is 332 Å². The summed E-state index contributed by atoms with van der Waals surface area (Å²) in [4.78, 5) is 63.6. The number of aromatic hydroxyl groups is 1. The number of allylic oxidation sites excluding steroid dienone is 2. The first-order chi connectivity index (χ1) is 27.1. The molecule has 2 aliphatic heterocycles. The number of nitrogens with one attached hydrogen (secondary N) is 1. The van der Waals surface area contributed by atoms with Crippen LogP contribution in [0.2, 0.25) is 10.0 Å². The number of rotatable bonds is 7. The number of carbonyl (C=O) groups is 4. The highest BCUT2D eigenvalue weighted by Crippen LogP contribution is 2.64. The highest BCUT2D eigenvalue weighted by molar-refractivity contribution is 6.58. The molecule has 3 fully saturated rings. The number of pyridine rings is 1. The number of amides is 4. The second-order valence-corrected chi connectivity index (χ2v) is 15.2. The predicted octanol–water partition coefficient (Wildman–Crippen LogP) is 4.99. The number of phenolic OH excluding ortho intramolecular Hbond substituents is 1. The number of fused-ring (bicyclic) bond motifs is 4. The maximum Gasteiger partial charge on any atom is 0.488 e. The SMILES string of the molecule is COc1ccc([C@H]2C3=CC[C@@H]4C(=O)N(c5cccc(B(O)O)c5)C(=O)[C@@H]4[C@@H]3C[C@H]3C(=O)N(Nc4ncc(C(F)(F)F)cc4Cl)C(=O)[C@@]23c2ccc(Cl)cc2)cc1O. The molecule has 0 radical (unpaired) electrons. The van der Waals surface area contributed by atoms with E-state index in [2.05, 4.69) is 10.4 Å². The number of imide groups is 2. The van der Waals surface area contributed by atoms with Crippen molar-refractivity contribution in [2.45, 2.75) is 30.4 Å². The van der Waals surface area contributed by atoms with Crippen LogP contribution in [0.15, 0.2) is 90.6 Å². The van der Waals surface area contributed by atoms with Crippen LogP contribution in [0.5, 0.6) is 11.5 Å². The van der Waals surface area contributed by atoms with Crippen molar-refractivity contribution in [3.63, 3.8) is 0 Å². The van der Waals surface area contributed by atoms with Gasteiger partial charge in [0.1, 0.15) is 0 Å². The number of methoxy groups -OCH3 is 1. The largest absolute Gasteiger partial charge is 0.504 e. The zero-order valence-electron chi connectivity index (χ0n) is 29.6. The monoisotopic (exact) mass is 820 g/mol. The molecule has 0 spiro atoms. The fraction of sp³-hybridized carbons (Fsp3) is 0.256. The fourth-order valence-electron chi connectivity index (χ4n) is 9.12.